The second kappa shape index (κ2) is 7.58. The van der Waals surface area contributed by atoms with Crippen molar-refractivity contribution in [1.82, 2.24) is 9.55 Å². The van der Waals surface area contributed by atoms with Gasteiger partial charge in [-0.05, 0) is 25.3 Å². The number of imidazole rings is 1. The second-order valence-electron chi connectivity index (χ2n) is 6.27. The molecule has 0 atom stereocenters. The van der Waals surface area contributed by atoms with Gasteiger partial charge in [-0.25, -0.2) is 4.98 Å². The molecule has 1 heterocycles. The summed E-state index contributed by atoms with van der Waals surface area (Å²) in [6.45, 7) is 11.1. The van der Waals surface area contributed by atoms with Gasteiger partial charge in [0.25, 0.3) is 0 Å². The highest BCUT2D eigenvalue weighted by atomic mass is 16.1. The van der Waals surface area contributed by atoms with E-state index >= 15 is 0 Å². The maximum absolute atomic E-state index is 12.3. The number of aryl methyl sites for hydroxylation is 2. The molecule has 2 aromatic rings. The van der Waals surface area contributed by atoms with Crippen molar-refractivity contribution in [2.75, 3.05) is 0 Å². The van der Waals surface area contributed by atoms with E-state index < -0.39 is 0 Å². The number of nitrogens with zero attached hydrogens (tertiary/aromatic N) is 2. The zero-order valence-electron chi connectivity index (χ0n) is 15.0. The molecule has 0 fully saturated rings. The average Bonchev–Trinajstić information content (AvgIpc) is 2.90. The normalized spacial score (nSPS) is 13.6. The number of rotatable bonds is 3. The molecule has 1 aliphatic carbocycles. The molecule has 3 nitrogen and oxygen atoms in total. The van der Waals surface area contributed by atoms with Crippen molar-refractivity contribution in [3.8, 4) is 0 Å². The molecule has 3 heteroatoms. The first kappa shape index (κ1) is 17.5. The Morgan fingerprint density at radius 3 is 2.61 bits per heavy atom. The molecule has 0 radical (unpaired) electrons. The summed E-state index contributed by atoms with van der Waals surface area (Å²) in [6.07, 6.45) is 2.52. The van der Waals surface area contributed by atoms with Crippen molar-refractivity contribution in [2.24, 2.45) is 0 Å². The molecule has 0 unspecified atom stereocenters. The number of ketones is 1. The van der Waals surface area contributed by atoms with Crippen LogP contribution in [0.2, 0.25) is 0 Å². The summed E-state index contributed by atoms with van der Waals surface area (Å²) in [4.78, 5) is 17.1. The van der Waals surface area contributed by atoms with Gasteiger partial charge in [0.05, 0.1) is 5.69 Å². The number of fused-ring (bicyclic) bond motifs is 1. The van der Waals surface area contributed by atoms with Crippen molar-refractivity contribution in [3.05, 3.63) is 52.6 Å². The van der Waals surface area contributed by atoms with Crippen LogP contribution >= 0.6 is 0 Å². The third kappa shape index (κ3) is 3.72. The second-order valence-corrected chi connectivity index (χ2v) is 6.27. The Morgan fingerprint density at radius 2 is 1.96 bits per heavy atom. The molecule has 0 saturated heterocycles. The molecule has 3 rings (SSSR count). The molecule has 1 aromatic carbocycles. The zero-order valence-corrected chi connectivity index (χ0v) is 15.0. The summed E-state index contributed by atoms with van der Waals surface area (Å²) in [6, 6.07) is 8.48. The lowest BCUT2D eigenvalue weighted by Gasteiger charge is -2.16. The summed E-state index contributed by atoms with van der Waals surface area (Å²) in [5, 5.41) is 0. The van der Waals surface area contributed by atoms with E-state index in [9.17, 15) is 4.79 Å². The Morgan fingerprint density at radius 1 is 1.22 bits per heavy atom. The quantitative estimate of drug-likeness (QED) is 0.807. The van der Waals surface area contributed by atoms with Gasteiger partial charge in [0.15, 0.2) is 5.78 Å². The molecule has 1 aromatic heterocycles. The predicted octanol–water partition coefficient (Wildman–Crippen LogP) is 4.91. The Balaban J connectivity index is 0.000000924. The van der Waals surface area contributed by atoms with Gasteiger partial charge < -0.3 is 4.57 Å². The van der Waals surface area contributed by atoms with Crippen LogP contribution in [0.3, 0.4) is 0 Å². The molecule has 0 aliphatic heterocycles. The van der Waals surface area contributed by atoms with Gasteiger partial charge in [-0.2, -0.15) is 0 Å². The van der Waals surface area contributed by atoms with Gasteiger partial charge in [0.1, 0.15) is 11.5 Å². The molecule has 0 bridgehead atoms. The van der Waals surface area contributed by atoms with Crippen LogP contribution in [0.15, 0.2) is 24.3 Å². The molecule has 0 amide bonds. The predicted molar refractivity (Wildman–Crippen MR) is 95.2 cm³/mol. The highest BCUT2D eigenvalue weighted by Crippen LogP contribution is 2.27. The van der Waals surface area contributed by atoms with E-state index in [4.69, 9.17) is 4.98 Å². The van der Waals surface area contributed by atoms with Crippen LogP contribution in [0.5, 0.6) is 0 Å². The molecule has 0 spiro atoms. The highest BCUT2D eigenvalue weighted by Gasteiger charge is 2.26. The number of carbonyl (C=O) groups is 1. The third-order valence-corrected chi connectivity index (χ3v) is 4.09. The van der Waals surface area contributed by atoms with Crippen molar-refractivity contribution in [2.45, 2.75) is 66.3 Å². The number of hydrogen-bond donors (Lipinski definition) is 0. The van der Waals surface area contributed by atoms with E-state index in [2.05, 4.69) is 49.6 Å². The summed E-state index contributed by atoms with van der Waals surface area (Å²) >= 11 is 0. The van der Waals surface area contributed by atoms with Crippen LogP contribution < -0.4 is 0 Å². The molecule has 124 valence electrons. The lowest BCUT2D eigenvalue weighted by Crippen LogP contribution is -2.17. The Bertz CT molecular complexity index is 683. The van der Waals surface area contributed by atoms with Gasteiger partial charge in [0.2, 0.25) is 0 Å². The van der Waals surface area contributed by atoms with Crippen molar-refractivity contribution in [1.29, 1.82) is 0 Å². The topological polar surface area (TPSA) is 34.9 Å². The smallest absolute Gasteiger partial charge is 0.181 e. The molecule has 0 saturated carbocycles. The van der Waals surface area contributed by atoms with Crippen LogP contribution in [0.1, 0.15) is 79.6 Å². The number of benzene rings is 1. The van der Waals surface area contributed by atoms with E-state index in [1.807, 2.05) is 13.8 Å². The Hall–Kier alpha value is -1.90. The average molecular weight is 312 g/mol. The van der Waals surface area contributed by atoms with Crippen molar-refractivity contribution < 1.29 is 4.79 Å². The minimum atomic E-state index is 0.253. The van der Waals surface area contributed by atoms with Crippen molar-refractivity contribution in [3.63, 3.8) is 0 Å². The first-order chi connectivity index (χ1) is 11.1. The largest absolute Gasteiger partial charge is 0.321 e. The maximum atomic E-state index is 12.3. The van der Waals surface area contributed by atoms with Gasteiger partial charge in [-0.15, -0.1) is 0 Å². The number of carbonyl (C=O) groups excluding carboxylic acids is 1. The highest BCUT2D eigenvalue weighted by molar-refractivity contribution is 5.96. The van der Waals surface area contributed by atoms with Crippen LogP contribution in [-0.2, 0) is 13.0 Å². The maximum Gasteiger partial charge on any atom is 0.181 e. The third-order valence-electron chi connectivity index (χ3n) is 4.09. The van der Waals surface area contributed by atoms with E-state index in [0.29, 0.717) is 12.3 Å². The Labute approximate surface area is 139 Å². The summed E-state index contributed by atoms with van der Waals surface area (Å²) in [5.41, 5.74) is 4.34. The fourth-order valence-electron chi connectivity index (χ4n) is 3.14. The first-order valence-electron chi connectivity index (χ1n) is 8.74. The molecule has 1 aliphatic rings. The van der Waals surface area contributed by atoms with E-state index in [0.717, 1.165) is 36.6 Å². The van der Waals surface area contributed by atoms with Gasteiger partial charge >= 0.3 is 0 Å². The van der Waals surface area contributed by atoms with Gasteiger partial charge in [0, 0.05) is 18.9 Å². The number of hydrogen-bond acceptors (Lipinski definition) is 2. The molecular weight excluding hydrogens is 284 g/mol. The van der Waals surface area contributed by atoms with E-state index in [1.54, 1.807) is 0 Å². The summed E-state index contributed by atoms with van der Waals surface area (Å²) in [5.74, 6) is 1.62. The monoisotopic (exact) mass is 312 g/mol. The molecule has 23 heavy (non-hydrogen) atoms. The molecular formula is C20H28N2O. The Kier molecular flexibility index (Phi) is 5.75. The van der Waals surface area contributed by atoms with Gasteiger partial charge in [-0.3, -0.25) is 4.79 Å². The lowest BCUT2D eigenvalue weighted by molar-refractivity contribution is 0.0963. The fraction of sp³-hybridized carbons (Fsp3) is 0.500. The van der Waals surface area contributed by atoms with Crippen molar-refractivity contribution >= 4 is 5.78 Å². The number of Topliss-reactive ketones (excluding diaryl/α,β-unsaturated/α-hetero) is 1. The van der Waals surface area contributed by atoms with Crippen LogP contribution in [0, 0.1) is 6.92 Å². The van der Waals surface area contributed by atoms with E-state index in [-0.39, 0.29) is 5.78 Å². The minimum Gasteiger partial charge on any atom is -0.321 e. The lowest BCUT2D eigenvalue weighted by atomic mass is 9.99. The zero-order chi connectivity index (χ0) is 17.0. The summed E-state index contributed by atoms with van der Waals surface area (Å²) in [7, 11) is 0. The fourth-order valence-corrected chi connectivity index (χ4v) is 3.14. The van der Waals surface area contributed by atoms with Crippen LogP contribution in [-0.4, -0.2) is 15.3 Å². The van der Waals surface area contributed by atoms with Gasteiger partial charge in [-0.1, -0.05) is 57.5 Å². The SMILES string of the molecule is CC.Cc1cccc(Cn2c(C(C)C)nc3c2C(=O)CCC3)c1. The molecule has 0 N–H and O–H groups in total. The minimum absolute atomic E-state index is 0.253. The first-order valence-corrected chi connectivity index (χ1v) is 8.74. The summed E-state index contributed by atoms with van der Waals surface area (Å²) < 4.78 is 2.15. The standard InChI is InChI=1S/C18H22N2O.C2H6/c1-12(2)18-19-15-8-5-9-16(21)17(15)20(18)11-14-7-4-6-13(3)10-14;1-2/h4,6-7,10,12H,5,8-9,11H2,1-3H3;1-2H3. The van der Waals surface area contributed by atoms with Crippen LogP contribution in [0.4, 0.5) is 0 Å². The van der Waals surface area contributed by atoms with Crippen LogP contribution in [0.25, 0.3) is 0 Å². The van der Waals surface area contributed by atoms with E-state index in [1.165, 1.54) is 11.1 Å². The number of aromatic nitrogens is 2.